The van der Waals surface area contributed by atoms with Gasteiger partial charge in [0.1, 0.15) is 12.2 Å². The summed E-state index contributed by atoms with van der Waals surface area (Å²) < 4.78 is 38.1. The average molecular weight is 252 g/mol. The van der Waals surface area contributed by atoms with Crippen molar-refractivity contribution in [3.8, 4) is 0 Å². The minimum Gasteiger partial charge on any atom is -0.480 e. The van der Waals surface area contributed by atoms with Crippen LogP contribution in [0.4, 0.5) is 13.2 Å². The lowest BCUT2D eigenvalue weighted by atomic mass is 10.4. The Labute approximate surface area is 94.7 Å². The van der Waals surface area contributed by atoms with Gasteiger partial charge in [0.15, 0.2) is 0 Å². The summed E-state index contributed by atoms with van der Waals surface area (Å²) in [6.07, 6.45) is -3.12. The summed E-state index contributed by atoms with van der Waals surface area (Å²) in [4.78, 5) is 11.2. The minimum atomic E-state index is -4.45. The summed E-state index contributed by atoms with van der Waals surface area (Å²) in [6, 6.07) is 0. The molecule has 0 spiro atoms. The molecule has 1 aromatic heterocycles. The zero-order valence-electron chi connectivity index (χ0n) is 8.98. The van der Waals surface area contributed by atoms with Crippen molar-refractivity contribution < 1.29 is 23.1 Å². The summed E-state index contributed by atoms with van der Waals surface area (Å²) >= 11 is 0. The van der Waals surface area contributed by atoms with Crippen molar-refractivity contribution in [3.63, 3.8) is 0 Å². The number of halogens is 3. The highest BCUT2D eigenvalue weighted by molar-refractivity contribution is 5.69. The van der Waals surface area contributed by atoms with Crippen LogP contribution in [0.2, 0.25) is 0 Å². The summed E-state index contributed by atoms with van der Waals surface area (Å²) in [7, 11) is 1.57. The van der Waals surface area contributed by atoms with E-state index in [9.17, 15) is 18.0 Å². The minimum absolute atomic E-state index is 0.220. The smallest absolute Gasteiger partial charge is 0.401 e. The standard InChI is InChI=1S/C8H11F3N4O2/c1-14-5-12-13-6(14)2-15(3-7(16)17)4-8(9,10)11/h5H,2-4H2,1H3,(H,16,17). The fourth-order valence-corrected chi connectivity index (χ4v) is 1.26. The highest BCUT2D eigenvalue weighted by atomic mass is 19.4. The van der Waals surface area contributed by atoms with Gasteiger partial charge in [0.2, 0.25) is 0 Å². The average Bonchev–Trinajstić information content (AvgIpc) is 2.47. The Bertz CT molecular complexity index is 390. The lowest BCUT2D eigenvalue weighted by Gasteiger charge is -2.20. The number of carboxylic acids is 1. The molecule has 0 saturated heterocycles. The summed E-state index contributed by atoms with van der Waals surface area (Å²) in [6.45, 7) is -2.22. The number of hydrogen-bond acceptors (Lipinski definition) is 4. The quantitative estimate of drug-likeness (QED) is 0.814. The number of aromatic nitrogens is 3. The van der Waals surface area contributed by atoms with Crippen molar-refractivity contribution in [2.75, 3.05) is 13.1 Å². The Morgan fingerprint density at radius 3 is 2.65 bits per heavy atom. The van der Waals surface area contributed by atoms with Crippen LogP contribution in [0.3, 0.4) is 0 Å². The van der Waals surface area contributed by atoms with Gasteiger partial charge in [-0.05, 0) is 0 Å². The van der Waals surface area contributed by atoms with E-state index in [2.05, 4.69) is 10.2 Å². The molecule has 0 aromatic carbocycles. The second-order valence-corrected chi connectivity index (χ2v) is 3.51. The Kier molecular flexibility index (Phi) is 4.05. The zero-order chi connectivity index (χ0) is 13.1. The summed E-state index contributed by atoms with van der Waals surface area (Å²) in [5, 5.41) is 15.6. The van der Waals surface area contributed by atoms with Crippen LogP contribution in [-0.4, -0.2) is 50.0 Å². The molecule has 9 heteroatoms. The molecule has 0 aliphatic heterocycles. The summed E-state index contributed by atoms with van der Waals surface area (Å²) in [5.74, 6) is -1.05. The molecule has 0 atom stereocenters. The molecular formula is C8H11F3N4O2. The van der Waals surface area contributed by atoms with Gasteiger partial charge in [-0.1, -0.05) is 0 Å². The van der Waals surface area contributed by atoms with Crippen LogP contribution in [0.1, 0.15) is 5.82 Å². The van der Waals surface area contributed by atoms with Gasteiger partial charge >= 0.3 is 12.1 Å². The molecule has 0 saturated carbocycles. The Morgan fingerprint density at radius 1 is 1.59 bits per heavy atom. The van der Waals surface area contributed by atoms with Crippen LogP contribution in [0.25, 0.3) is 0 Å². The molecule has 96 valence electrons. The predicted octanol–water partition coefficient (Wildman–Crippen LogP) is 0.264. The van der Waals surface area contributed by atoms with E-state index in [1.54, 1.807) is 7.05 Å². The third-order valence-corrected chi connectivity index (χ3v) is 1.93. The normalized spacial score (nSPS) is 12.1. The van der Waals surface area contributed by atoms with E-state index in [1.807, 2.05) is 0 Å². The highest BCUT2D eigenvalue weighted by Gasteiger charge is 2.32. The van der Waals surface area contributed by atoms with Crippen LogP contribution in [0.15, 0.2) is 6.33 Å². The van der Waals surface area contributed by atoms with Crippen molar-refractivity contribution in [2.45, 2.75) is 12.7 Å². The number of hydrogen-bond donors (Lipinski definition) is 1. The highest BCUT2D eigenvalue weighted by Crippen LogP contribution is 2.17. The van der Waals surface area contributed by atoms with Gasteiger partial charge in [-0.15, -0.1) is 10.2 Å². The largest absolute Gasteiger partial charge is 0.480 e. The van der Waals surface area contributed by atoms with Gasteiger partial charge in [-0.3, -0.25) is 9.69 Å². The van der Waals surface area contributed by atoms with Gasteiger partial charge in [0.25, 0.3) is 0 Å². The predicted molar refractivity (Wildman–Crippen MR) is 50.0 cm³/mol. The first kappa shape index (κ1) is 13.4. The van der Waals surface area contributed by atoms with Crippen molar-refractivity contribution in [1.29, 1.82) is 0 Å². The lowest BCUT2D eigenvalue weighted by molar-refractivity contribution is -0.155. The molecule has 17 heavy (non-hydrogen) atoms. The number of alkyl halides is 3. The number of carboxylic acid groups (broad SMARTS) is 1. The molecule has 1 rings (SSSR count). The van der Waals surface area contributed by atoms with Gasteiger partial charge in [0, 0.05) is 7.05 Å². The summed E-state index contributed by atoms with van der Waals surface area (Å²) in [5.41, 5.74) is 0. The molecule has 0 aliphatic carbocycles. The topological polar surface area (TPSA) is 71.2 Å². The molecule has 0 aliphatic rings. The van der Waals surface area contributed by atoms with E-state index in [0.29, 0.717) is 0 Å². The maximum Gasteiger partial charge on any atom is 0.401 e. The number of carbonyl (C=O) groups is 1. The lowest BCUT2D eigenvalue weighted by Crippen LogP contribution is -2.38. The van der Waals surface area contributed by atoms with Gasteiger partial charge < -0.3 is 9.67 Å². The molecule has 0 radical (unpaired) electrons. The third-order valence-electron chi connectivity index (χ3n) is 1.93. The van der Waals surface area contributed by atoms with Gasteiger partial charge in [-0.2, -0.15) is 13.2 Å². The first-order chi connectivity index (χ1) is 7.78. The fraction of sp³-hybridized carbons (Fsp3) is 0.625. The van der Waals surface area contributed by atoms with Crippen molar-refractivity contribution in [2.24, 2.45) is 7.05 Å². The fourth-order valence-electron chi connectivity index (χ4n) is 1.26. The monoisotopic (exact) mass is 252 g/mol. The molecule has 1 aromatic rings. The second-order valence-electron chi connectivity index (χ2n) is 3.51. The van der Waals surface area contributed by atoms with Crippen molar-refractivity contribution >= 4 is 5.97 Å². The molecule has 0 fully saturated rings. The van der Waals surface area contributed by atoms with Crippen molar-refractivity contribution in [3.05, 3.63) is 12.2 Å². The number of rotatable bonds is 5. The molecule has 1 heterocycles. The zero-order valence-corrected chi connectivity index (χ0v) is 8.98. The molecule has 1 N–H and O–H groups in total. The van der Waals surface area contributed by atoms with E-state index < -0.39 is 25.2 Å². The maximum absolute atomic E-state index is 12.2. The number of aliphatic carboxylic acids is 1. The first-order valence-electron chi connectivity index (χ1n) is 4.61. The van der Waals surface area contributed by atoms with E-state index in [-0.39, 0.29) is 12.4 Å². The first-order valence-corrected chi connectivity index (χ1v) is 4.61. The maximum atomic E-state index is 12.2. The second kappa shape index (κ2) is 5.13. The van der Waals surface area contributed by atoms with Crippen LogP contribution < -0.4 is 0 Å². The van der Waals surface area contributed by atoms with Crippen LogP contribution in [0, 0.1) is 0 Å². The molecule has 0 unspecified atom stereocenters. The van der Waals surface area contributed by atoms with Crippen LogP contribution in [0.5, 0.6) is 0 Å². The molecular weight excluding hydrogens is 241 g/mol. The van der Waals surface area contributed by atoms with Crippen LogP contribution >= 0.6 is 0 Å². The Hall–Kier alpha value is -1.64. The van der Waals surface area contributed by atoms with Crippen LogP contribution in [-0.2, 0) is 18.4 Å². The third kappa shape index (κ3) is 4.81. The number of nitrogens with zero attached hydrogens (tertiary/aromatic N) is 4. The van der Waals surface area contributed by atoms with E-state index in [0.717, 1.165) is 4.90 Å². The molecule has 0 bridgehead atoms. The SMILES string of the molecule is Cn1cnnc1CN(CC(=O)O)CC(F)(F)F. The van der Waals surface area contributed by atoms with Gasteiger partial charge in [0.05, 0.1) is 19.6 Å². The van der Waals surface area contributed by atoms with E-state index >= 15 is 0 Å². The van der Waals surface area contributed by atoms with E-state index in [4.69, 9.17) is 5.11 Å². The van der Waals surface area contributed by atoms with E-state index in [1.165, 1.54) is 10.9 Å². The van der Waals surface area contributed by atoms with Gasteiger partial charge in [-0.25, -0.2) is 0 Å². The molecule has 6 nitrogen and oxygen atoms in total. The Morgan fingerprint density at radius 2 is 2.24 bits per heavy atom. The molecule has 0 amide bonds. The Balaban J connectivity index is 2.70. The number of aryl methyl sites for hydroxylation is 1. The van der Waals surface area contributed by atoms with Crippen molar-refractivity contribution in [1.82, 2.24) is 19.7 Å².